The van der Waals surface area contributed by atoms with Crippen LogP contribution >= 0.6 is 31.9 Å². The summed E-state index contributed by atoms with van der Waals surface area (Å²) in [6.45, 7) is 0. The number of benzene rings is 2. The summed E-state index contributed by atoms with van der Waals surface area (Å²) in [5.41, 5.74) is 3.41. The molecule has 2 fully saturated rings. The van der Waals surface area contributed by atoms with Gasteiger partial charge in [-0.15, -0.1) is 0 Å². The van der Waals surface area contributed by atoms with E-state index in [0.29, 0.717) is 0 Å². The molecule has 0 radical (unpaired) electrons. The number of ether oxygens (including phenoxy) is 2. The van der Waals surface area contributed by atoms with Crippen LogP contribution in [0.1, 0.15) is 78.4 Å². The van der Waals surface area contributed by atoms with E-state index >= 15 is 0 Å². The molecule has 0 spiro atoms. The molecule has 5 heteroatoms. The summed E-state index contributed by atoms with van der Waals surface area (Å²) in [6, 6.07) is 11.6. The number of halogens is 2. The molecule has 0 heterocycles. The fourth-order valence-corrected chi connectivity index (χ4v) is 7.16. The maximum Gasteiger partial charge on any atom is 0.193 e. The normalized spacial score (nSPS) is 19.6. The van der Waals surface area contributed by atoms with Gasteiger partial charge in [-0.3, -0.25) is 4.79 Å². The zero-order valence-corrected chi connectivity index (χ0v) is 20.8. The number of ketones is 1. The minimum atomic E-state index is -0.219. The van der Waals surface area contributed by atoms with Crippen molar-refractivity contribution >= 4 is 37.6 Å². The van der Waals surface area contributed by atoms with Crippen molar-refractivity contribution in [3.8, 4) is 11.5 Å². The maximum atomic E-state index is 14.1. The van der Waals surface area contributed by atoms with Crippen molar-refractivity contribution in [3.63, 3.8) is 0 Å². The first-order chi connectivity index (χ1) is 14.4. The molecule has 0 N–H and O–H groups in total. The number of methoxy groups -OCH3 is 2. The molecule has 160 valence electrons. The van der Waals surface area contributed by atoms with Gasteiger partial charge in [0.1, 0.15) is 11.5 Å². The predicted octanol–water partition coefficient (Wildman–Crippen LogP) is 7.26. The molecule has 0 amide bonds. The fourth-order valence-electron chi connectivity index (χ4n) is 5.22. The van der Waals surface area contributed by atoms with Crippen LogP contribution in [0.25, 0.3) is 0 Å². The van der Waals surface area contributed by atoms with E-state index in [1.54, 1.807) is 14.2 Å². The molecular formula is C25H28Br2O3. The smallest absolute Gasteiger partial charge is 0.193 e. The molecule has 0 aromatic heterocycles. The maximum absolute atomic E-state index is 14.1. The predicted molar refractivity (Wildman–Crippen MR) is 128 cm³/mol. The molecular weight excluding hydrogens is 508 g/mol. The van der Waals surface area contributed by atoms with Gasteiger partial charge in [0.2, 0.25) is 0 Å². The summed E-state index contributed by atoms with van der Waals surface area (Å²) in [7, 11) is 3.36. The van der Waals surface area contributed by atoms with Crippen LogP contribution in [0.15, 0.2) is 36.4 Å². The quantitative estimate of drug-likeness (QED) is 0.288. The van der Waals surface area contributed by atoms with E-state index < -0.39 is 0 Å². The molecule has 2 aliphatic carbocycles. The van der Waals surface area contributed by atoms with Gasteiger partial charge in [-0.2, -0.15) is 0 Å². The Kier molecular flexibility index (Phi) is 6.32. The standard InChI is InChI=1S/C25H28Br2O3/c1-29-19-11-7-9-17(21(19)24(26)13-3-4-14-24)23(28)18-10-8-12-20(30-2)22(18)25(27)15-5-6-16-25/h7-12H,3-6,13-16H2,1-2H3. The first-order valence-corrected chi connectivity index (χ1v) is 12.3. The second kappa shape index (κ2) is 8.66. The average molecular weight is 536 g/mol. The topological polar surface area (TPSA) is 35.5 Å². The molecule has 2 aliphatic rings. The summed E-state index contributed by atoms with van der Waals surface area (Å²) in [5, 5.41) is 0. The minimum absolute atomic E-state index is 0.0363. The second-order valence-corrected chi connectivity index (χ2v) is 11.5. The number of carbonyl (C=O) groups excluding carboxylic acids is 1. The summed E-state index contributed by atoms with van der Waals surface area (Å²) in [6.07, 6.45) is 8.58. The zero-order valence-electron chi connectivity index (χ0n) is 17.6. The van der Waals surface area contributed by atoms with E-state index in [-0.39, 0.29) is 14.4 Å². The first kappa shape index (κ1) is 21.9. The molecule has 30 heavy (non-hydrogen) atoms. The number of hydrogen-bond acceptors (Lipinski definition) is 3. The van der Waals surface area contributed by atoms with Crippen molar-refractivity contribution in [2.75, 3.05) is 14.2 Å². The van der Waals surface area contributed by atoms with Gasteiger partial charge in [0, 0.05) is 22.3 Å². The highest BCUT2D eigenvalue weighted by atomic mass is 79.9. The lowest BCUT2D eigenvalue weighted by Crippen LogP contribution is -2.23. The van der Waals surface area contributed by atoms with Crippen LogP contribution in [0.3, 0.4) is 0 Å². The fraction of sp³-hybridized carbons (Fsp3) is 0.480. The Labute approximate surface area is 195 Å². The van der Waals surface area contributed by atoms with Crippen LogP contribution in [0.2, 0.25) is 0 Å². The molecule has 2 saturated carbocycles. The third kappa shape index (κ3) is 3.73. The highest BCUT2D eigenvalue weighted by Crippen LogP contribution is 2.53. The third-order valence-corrected chi connectivity index (χ3v) is 9.05. The van der Waals surface area contributed by atoms with Crippen LogP contribution in [0.5, 0.6) is 11.5 Å². The zero-order chi connectivity index (χ0) is 21.4. The Bertz CT molecular complexity index is 866. The van der Waals surface area contributed by atoms with E-state index in [1.165, 1.54) is 0 Å². The number of carbonyl (C=O) groups is 1. The Hall–Kier alpha value is -1.33. The third-order valence-electron chi connectivity index (χ3n) is 6.67. The minimum Gasteiger partial charge on any atom is -0.496 e. The van der Waals surface area contributed by atoms with Crippen LogP contribution in [0, 0.1) is 0 Å². The van der Waals surface area contributed by atoms with Gasteiger partial charge in [0.05, 0.1) is 22.9 Å². The Balaban J connectivity index is 1.90. The molecule has 0 unspecified atom stereocenters. The van der Waals surface area contributed by atoms with Gasteiger partial charge in [0.15, 0.2) is 5.78 Å². The first-order valence-electron chi connectivity index (χ1n) is 10.7. The highest BCUT2D eigenvalue weighted by Gasteiger charge is 2.41. The molecule has 3 nitrogen and oxygen atoms in total. The molecule has 0 atom stereocenters. The Morgan fingerprint density at radius 1 is 0.733 bits per heavy atom. The average Bonchev–Trinajstić information content (AvgIpc) is 3.41. The summed E-state index contributed by atoms with van der Waals surface area (Å²) in [4.78, 5) is 14.1. The number of alkyl halides is 2. The summed E-state index contributed by atoms with van der Waals surface area (Å²) >= 11 is 7.99. The summed E-state index contributed by atoms with van der Waals surface area (Å²) in [5.74, 6) is 1.59. The molecule has 2 aromatic rings. The summed E-state index contributed by atoms with van der Waals surface area (Å²) < 4.78 is 11.0. The van der Waals surface area contributed by atoms with E-state index in [2.05, 4.69) is 31.9 Å². The van der Waals surface area contributed by atoms with E-state index in [1.807, 2.05) is 36.4 Å². The van der Waals surface area contributed by atoms with Gasteiger partial charge in [-0.1, -0.05) is 81.8 Å². The van der Waals surface area contributed by atoms with E-state index in [9.17, 15) is 4.79 Å². The monoisotopic (exact) mass is 534 g/mol. The van der Waals surface area contributed by atoms with Crippen LogP contribution < -0.4 is 9.47 Å². The van der Waals surface area contributed by atoms with E-state index in [0.717, 1.165) is 85.1 Å². The van der Waals surface area contributed by atoms with Crippen molar-refractivity contribution in [2.45, 2.75) is 60.0 Å². The lowest BCUT2D eigenvalue weighted by Gasteiger charge is -2.29. The van der Waals surface area contributed by atoms with E-state index in [4.69, 9.17) is 9.47 Å². The van der Waals surface area contributed by atoms with Crippen molar-refractivity contribution in [2.24, 2.45) is 0 Å². The Morgan fingerprint density at radius 3 is 1.43 bits per heavy atom. The molecule has 0 aliphatic heterocycles. The van der Waals surface area contributed by atoms with Gasteiger partial charge in [0.25, 0.3) is 0 Å². The van der Waals surface area contributed by atoms with Crippen molar-refractivity contribution in [1.29, 1.82) is 0 Å². The molecule has 4 rings (SSSR count). The van der Waals surface area contributed by atoms with Gasteiger partial charge in [-0.05, 0) is 37.8 Å². The highest BCUT2D eigenvalue weighted by molar-refractivity contribution is 9.10. The number of rotatable bonds is 6. The van der Waals surface area contributed by atoms with Gasteiger partial charge >= 0.3 is 0 Å². The van der Waals surface area contributed by atoms with Crippen LogP contribution in [-0.4, -0.2) is 20.0 Å². The van der Waals surface area contributed by atoms with Gasteiger partial charge in [-0.25, -0.2) is 0 Å². The largest absolute Gasteiger partial charge is 0.496 e. The lowest BCUT2D eigenvalue weighted by atomic mass is 9.84. The van der Waals surface area contributed by atoms with Crippen molar-refractivity contribution in [1.82, 2.24) is 0 Å². The molecule has 0 saturated heterocycles. The van der Waals surface area contributed by atoms with Crippen LogP contribution in [-0.2, 0) is 8.65 Å². The molecule has 0 bridgehead atoms. The second-order valence-electron chi connectivity index (χ2n) is 8.44. The van der Waals surface area contributed by atoms with Crippen molar-refractivity contribution < 1.29 is 14.3 Å². The number of hydrogen-bond donors (Lipinski definition) is 0. The van der Waals surface area contributed by atoms with Gasteiger partial charge < -0.3 is 9.47 Å². The lowest BCUT2D eigenvalue weighted by molar-refractivity contribution is 0.103. The van der Waals surface area contributed by atoms with Crippen molar-refractivity contribution in [3.05, 3.63) is 58.7 Å². The SMILES string of the molecule is COc1cccc(C(=O)c2cccc(OC)c2C2(Br)CCCC2)c1C1(Br)CCCC1. The molecule has 2 aromatic carbocycles. The van der Waals surface area contributed by atoms with Crippen LogP contribution in [0.4, 0.5) is 0 Å². The Morgan fingerprint density at radius 2 is 1.10 bits per heavy atom.